The molecule has 0 spiro atoms. The van der Waals surface area contributed by atoms with Crippen molar-refractivity contribution >= 4 is 43.2 Å². The summed E-state index contributed by atoms with van der Waals surface area (Å²) in [4.78, 5) is -0.0153. The molecule has 0 aliphatic heterocycles. The van der Waals surface area contributed by atoms with Crippen molar-refractivity contribution in [3.63, 3.8) is 0 Å². The third kappa shape index (κ3) is 3.39. The van der Waals surface area contributed by atoms with Crippen molar-refractivity contribution in [1.82, 2.24) is 0 Å². The molecule has 112 valence electrons. The number of sulfonamides is 1. The first-order valence-corrected chi connectivity index (χ1v) is 8.70. The van der Waals surface area contributed by atoms with Crippen LogP contribution in [0.1, 0.15) is 6.92 Å². The number of halogens is 3. The van der Waals surface area contributed by atoms with Crippen LogP contribution in [-0.4, -0.2) is 15.0 Å². The van der Waals surface area contributed by atoms with E-state index < -0.39 is 15.8 Å². The summed E-state index contributed by atoms with van der Waals surface area (Å²) in [6, 6.07) is 9.96. The van der Waals surface area contributed by atoms with Gasteiger partial charge in [0.15, 0.2) is 0 Å². The first-order valence-electron chi connectivity index (χ1n) is 6.09. The Balaban J connectivity index is 2.54. The minimum Gasteiger partial charge on any atom is -0.266 e. The molecule has 0 aromatic heterocycles. The molecule has 2 aromatic rings. The van der Waals surface area contributed by atoms with Crippen molar-refractivity contribution < 1.29 is 12.8 Å². The van der Waals surface area contributed by atoms with Gasteiger partial charge in [0.2, 0.25) is 0 Å². The van der Waals surface area contributed by atoms with E-state index in [9.17, 15) is 12.8 Å². The van der Waals surface area contributed by atoms with Crippen molar-refractivity contribution in [3.8, 4) is 0 Å². The van der Waals surface area contributed by atoms with Gasteiger partial charge in [-0.2, -0.15) is 0 Å². The van der Waals surface area contributed by atoms with E-state index in [1.165, 1.54) is 36.4 Å². The Morgan fingerprint density at radius 1 is 1.24 bits per heavy atom. The summed E-state index contributed by atoms with van der Waals surface area (Å²) < 4.78 is 40.6. The molecule has 0 radical (unpaired) electrons. The number of hydrogen-bond acceptors (Lipinski definition) is 2. The van der Waals surface area contributed by atoms with Gasteiger partial charge in [-0.3, -0.25) is 4.31 Å². The summed E-state index contributed by atoms with van der Waals surface area (Å²) >= 11 is 9.25. The highest BCUT2D eigenvalue weighted by Crippen LogP contribution is 2.30. The second kappa shape index (κ2) is 6.34. The Hall–Kier alpha value is -1.11. The minimum atomic E-state index is -3.85. The van der Waals surface area contributed by atoms with Crippen molar-refractivity contribution in [3.05, 3.63) is 57.8 Å². The van der Waals surface area contributed by atoms with Gasteiger partial charge in [0.05, 0.1) is 10.7 Å². The predicted molar refractivity (Wildman–Crippen MR) is 85.8 cm³/mol. The van der Waals surface area contributed by atoms with Gasteiger partial charge >= 0.3 is 0 Å². The summed E-state index contributed by atoms with van der Waals surface area (Å²) in [5.74, 6) is -0.497. The second-order valence-electron chi connectivity index (χ2n) is 4.22. The molecule has 7 heteroatoms. The van der Waals surface area contributed by atoms with E-state index in [0.29, 0.717) is 4.47 Å². The van der Waals surface area contributed by atoms with Crippen LogP contribution in [0.25, 0.3) is 0 Å². The van der Waals surface area contributed by atoms with Crippen molar-refractivity contribution in [1.29, 1.82) is 0 Å². The standard InChI is InChI=1S/C14H12BrClFNO2S/c1-2-18(12-5-3-4-11(17)9-12)21(19,20)14-7-6-10(15)8-13(14)16/h3-9H,2H2,1H3. The first kappa shape index (κ1) is 16.3. The molecule has 0 amide bonds. The smallest absolute Gasteiger partial charge is 0.265 e. The molecular formula is C14H12BrClFNO2S. The van der Waals surface area contributed by atoms with E-state index in [1.807, 2.05) is 0 Å². The third-order valence-corrected chi connectivity index (χ3v) is 5.72. The highest BCUT2D eigenvalue weighted by molar-refractivity contribution is 9.10. The zero-order valence-electron chi connectivity index (χ0n) is 11.1. The van der Waals surface area contributed by atoms with E-state index in [4.69, 9.17) is 11.6 Å². The lowest BCUT2D eigenvalue weighted by atomic mass is 10.3. The third-order valence-electron chi connectivity index (χ3n) is 2.85. The molecule has 0 fully saturated rings. The van der Waals surface area contributed by atoms with Crippen LogP contribution in [0.3, 0.4) is 0 Å². The van der Waals surface area contributed by atoms with Gasteiger partial charge in [-0.15, -0.1) is 0 Å². The van der Waals surface area contributed by atoms with Gasteiger partial charge in [-0.05, 0) is 43.3 Å². The summed E-state index contributed by atoms with van der Waals surface area (Å²) in [6.07, 6.45) is 0. The van der Waals surface area contributed by atoms with E-state index >= 15 is 0 Å². The van der Waals surface area contributed by atoms with Gasteiger partial charge in [0.1, 0.15) is 10.7 Å². The SMILES string of the molecule is CCN(c1cccc(F)c1)S(=O)(=O)c1ccc(Br)cc1Cl. The summed E-state index contributed by atoms with van der Waals surface area (Å²) in [5.41, 5.74) is 0.261. The molecule has 2 rings (SSSR count). The molecule has 21 heavy (non-hydrogen) atoms. The number of benzene rings is 2. The van der Waals surface area contributed by atoms with Crippen LogP contribution >= 0.6 is 27.5 Å². The van der Waals surface area contributed by atoms with Gasteiger partial charge in [0, 0.05) is 11.0 Å². The summed E-state index contributed by atoms with van der Waals surface area (Å²) in [7, 11) is -3.85. The van der Waals surface area contributed by atoms with Crippen LogP contribution in [0.4, 0.5) is 10.1 Å². The quantitative estimate of drug-likeness (QED) is 0.770. The molecule has 0 saturated heterocycles. The van der Waals surface area contributed by atoms with E-state index in [0.717, 1.165) is 4.31 Å². The Labute approximate surface area is 136 Å². The lowest BCUT2D eigenvalue weighted by Crippen LogP contribution is -2.31. The fourth-order valence-electron chi connectivity index (χ4n) is 1.93. The molecule has 2 aromatic carbocycles. The molecule has 0 saturated carbocycles. The Bertz CT molecular complexity index is 767. The van der Waals surface area contributed by atoms with Crippen LogP contribution in [0, 0.1) is 5.82 Å². The number of rotatable bonds is 4. The zero-order valence-corrected chi connectivity index (χ0v) is 14.2. The van der Waals surface area contributed by atoms with Gasteiger partial charge in [0.25, 0.3) is 10.0 Å². The average Bonchev–Trinajstić information content (AvgIpc) is 2.38. The highest BCUT2D eigenvalue weighted by atomic mass is 79.9. The van der Waals surface area contributed by atoms with E-state index in [1.54, 1.807) is 13.0 Å². The maximum Gasteiger partial charge on any atom is 0.265 e. The monoisotopic (exact) mass is 391 g/mol. The maximum atomic E-state index is 13.3. The number of nitrogens with zero attached hydrogens (tertiary/aromatic N) is 1. The van der Waals surface area contributed by atoms with Crippen molar-refractivity contribution in [2.24, 2.45) is 0 Å². The fourth-order valence-corrected chi connectivity index (χ4v) is 4.41. The molecule has 0 unspecified atom stereocenters. The largest absolute Gasteiger partial charge is 0.266 e. The molecule has 3 nitrogen and oxygen atoms in total. The molecule has 0 atom stereocenters. The number of anilines is 1. The van der Waals surface area contributed by atoms with E-state index in [2.05, 4.69) is 15.9 Å². The van der Waals surface area contributed by atoms with Crippen molar-refractivity contribution in [2.75, 3.05) is 10.8 Å². The van der Waals surface area contributed by atoms with Crippen LogP contribution in [-0.2, 0) is 10.0 Å². The number of hydrogen-bond donors (Lipinski definition) is 0. The lowest BCUT2D eigenvalue weighted by molar-refractivity contribution is 0.591. The van der Waals surface area contributed by atoms with Crippen LogP contribution < -0.4 is 4.31 Å². The fraction of sp³-hybridized carbons (Fsp3) is 0.143. The summed E-state index contributed by atoms with van der Waals surface area (Å²) in [5, 5.41) is 0.110. The van der Waals surface area contributed by atoms with E-state index in [-0.39, 0.29) is 22.2 Å². The second-order valence-corrected chi connectivity index (χ2v) is 7.38. The summed E-state index contributed by atoms with van der Waals surface area (Å²) in [6.45, 7) is 1.84. The lowest BCUT2D eigenvalue weighted by Gasteiger charge is -2.23. The Kier molecular flexibility index (Phi) is 4.91. The van der Waals surface area contributed by atoms with Crippen LogP contribution in [0.15, 0.2) is 51.8 Å². The zero-order chi connectivity index (χ0) is 15.6. The molecular weight excluding hydrogens is 381 g/mol. The molecule has 0 N–H and O–H groups in total. The Morgan fingerprint density at radius 3 is 2.52 bits per heavy atom. The van der Waals surface area contributed by atoms with Crippen LogP contribution in [0.2, 0.25) is 5.02 Å². The van der Waals surface area contributed by atoms with Crippen molar-refractivity contribution in [2.45, 2.75) is 11.8 Å². The molecule has 0 aliphatic rings. The van der Waals surface area contributed by atoms with Gasteiger partial charge < -0.3 is 0 Å². The van der Waals surface area contributed by atoms with Crippen LogP contribution in [0.5, 0.6) is 0 Å². The molecule has 0 bridgehead atoms. The van der Waals surface area contributed by atoms with Gasteiger partial charge in [-0.25, -0.2) is 12.8 Å². The predicted octanol–water partition coefficient (Wildman–Crippen LogP) is 4.46. The first-order chi connectivity index (χ1) is 9.86. The molecule has 0 aliphatic carbocycles. The van der Waals surface area contributed by atoms with Gasteiger partial charge in [-0.1, -0.05) is 33.6 Å². The average molecular weight is 393 g/mol. The molecule has 0 heterocycles. The Morgan fingerprint density at radius 2 is 1.95 bits per heavy atom. The maximum absolute atomic E-state index is 13.3. The minimum absolute atomic E-state index is 0.0153. The normalized spacial score (nSPS) is 11.4. The highest BCUT2D eigenvalue weighted by Gasteiger charge is 2.26. The topological polar surface area (TPSA) is 37.4 Å².